The molecule has 3 atom stereocenters. The molecule has 0 saturated carbocycles. The number of amides is 3. The molecule has 6 N–H and O–H groups in total. The average Bonchev–Trinajstić information content (AvgIpc) is 2.66. The first-order chi connectivity index (χ1) is 13.1. The fourth-order valence-electron chi connectivity index (χ4n) is 1.73. The zero-order chi connectivity index (χ0) is 21.7. The number of thioether (sulfide) groups is 1. The number of aliphatic carboxylic acids is 1. The molecule has 0 aromatic heterocycles. The van der Waals surface area contributed by atoms with Gasteiger partial charge in [-0.2, -0.15) is 11.8 Å². The van der Waals surface area contributed by atoms with E-state index in [2.05, 4.69) is 20.7 Å². The maximum absolute atomic E-state index is 12.2. The van der Waals surface area contributed by atoms with Crippen LogP contribution < -0.4 is 21.7 Å². The molecule has 0 aliphatic rings. The molecular formula is C16H26N4O7S. The van der Waals surface area contributed by atoms with Crippen LogP contribution >= 0.6 is 11.8 Å². The Morgan fingerprint density at radius 1 is 1.14 bits per heavy atom. The van der Waals surface area contributed by atoms with E-state index in [1.165, 1.54) is 18.7 Å². The van der Waals surface area contributed by atoms with Crippen LogP contribution in [0.1, 0.15) is 13.3 Å². The van der Waals surface area contributed by atoms with Crippen molar-refractivity contribution in [1.29, 1.82) is 0 Å². The van der Waals surface area contributed by atoms with Gasteiger partial charge in [-0.25, -0.2) is 4.79 Å². The molecule has 12 heteroatoms. The zero-order valence-corrected chi connectivity index (χ0v) is 16.7. The number of esters is 1. The van der Waals surface area contributed by atoms with Gasteiger partial charge in [0.25, 0.3) is 0 Å². The van der Waals surface area contributed by atoms with Gasteiger partial charge in [0.15, 0.2) is 0 Å². The minimum absolute atomic E-state index is 0.238. The van der Waals surface area contributed by atoms with E-state index in [4.69, 9.17) is 10.8 Å². The van der Waals surface area contributed by atoms with Crippen molar-refractivity contribution in [1.82, 2.24) is 16.0 Å². The first-order valence-corrected chi connectivity index (χ1v) is 9.63. The van der Waals surface area contributed by atoms with Gasteiger partial charge in [0.05, 0.1) is 7.11 Å². The summed E-state index contributed by atoms with van der Waals surface area (Å²) in [4.78, 5) is 57.7. The number of rotatable bonds is 12. The number of carboxylic acids is 1. The van der Waals surface area contributed by atoms with Crippen LogP contribution in [0.3, 0.4) is 0 Å². The van der Waals surface area contributed by atoms with Crippen molar-refractivity contribution in [2.75, 3.05) is 25.7 Å². The van der Waals surface area contributed by atoms with E-state index < -0.39 is 47.8 Å². The Bertz CT molecular complexity index is 612. The van der Waals surface area contributed by atoms with E-state index in [0.717, 1.165) is 19.3 Å². The normalized spacial score (nSPS) is 13.9. The number of nitrogens with two attached hydrogens (primary N) is 1. The van der Waals surface area contributed by atoms with Crippen molar-refractivity contribution in [3.05, 3.63) is 12.2 Å². The van der Waals surface area contributed by atoms with Crippen LogP contribution in [0.15, 0.2) is 12.2 Å². The van der Waals surface area contributed by atoms with Gasteiger partial charge in [-0.1, -0.05) is 0 Å². The van der Waals surface area contributed by atoms with Crippen LogP contribution in [0.25, 0.3) is 0 Å². The van der Waals surface area contributed by atoms with Crippen molar-refractivity contribution >= 4 is 41.4 Å². The Morgan fingerprint density at radius 2 is 1.79 bits per heavy atom. The summed E-state index contributed by atoms with van der Waals surface area (Å²) in [7, 11) is 1.16. The van der Waals surface area contributed by atoms with Crippen molar-refractivity contribution < 1.29 is 33.8 Å². The standard InChI is InChI=1S/C16H26N4O7S/c1-9(16(25)26)19-15(24)11(6-7-28-3)20-14(23)10(17)8-18-12(21)4-5-13(22)27-2/h4-5,9-11H,6-8,17H2,1-3H3,(H,18,21)(H,19,24)(H,20,23)(H,25,26)/b5-4+/t9-,10-,11-/m0/s1. The lowest BCUT2D eigenvalue weighted by molar-refractivity contribution is -0.141. The zero-order valence-electron chi connectivity index (χ0n) is 15.9. The lowest BCUT2D eigenvalue weighted by Gasteiger charge is -2.21. The molecule has 0 aliphatic heterocycles. The van der Waals surface area contributed by atoms with Crippen LogP contribution in [0, 0.1) is 0 Å². The van der Waals surface area contributed by atoms with E-state index in [9.17, 15) is 24.0 Å². The lowest BCUT2D eigenvalue weighted by Crippen LogP contribution is -2.56. The molecule has 0 aromatic carbocycles. The number of nitrogens with one attached hydrogen (secondary N) is 3. The second kappa shape index (κ2) is 13.6. The van der Waals surface area contributed by atoms with E-state index >= 15 is 0 Å². The Hall–Kier alpha value is -2.60. The SMILES string of the molecule is COC(=O)/C=C/C(=O)NC[C@H](N)C(=O)N[C@@H](CCSC)C(=O)N[C@@H](C)C(=O)O. The quantitative estimate of drug-likeness (QED) is 0.177. The maximum atomic E-state index is 12.2. The van der Waals surface area contributed by atoms with Crippen LogP contribution in [-0.4, -0.2) is 78.6 Å². The largest absolute Gasteiger partial charge is 0.480 e. The molecule has 0 aromatic rings. The van der Waals surface area contributed by atoms with Crippen LogP contribution in [0.4, 0.5) is 0 Å². The summed E-state index contributed by atoms with van der Waals surface area (Å²) < 4.78 is 4.33. The molecule has 0 rings (SSSR count). The Kier molecular flexibility index (Phi) is 12.3. The highest BCUT2D eigenvalue weighted by atomic mass is 32.2. The maximum Gasteiger partial charge on any atom is 0.330 e. The second-order valence-electron chi connectivity index (χ2n) is 5.62. The van der Waals surface area contributed by atoms with Crippen molar-refractivity contribution in [2.45, 2.75) is 31.5 Å². The van der Waals surface area contributed by atoms with Gasteiger partial charge in [0.1, 0.15) is 18.1 Å². The molecule has 158 valence electrons. The van der Waals surface area contributed by atoms with Gasteiger partial charge in [0.2, 0.25) is 17.7 Å². The summed E-state index contributed by atoms with van der Waals surface area (Å²) >= 11 is 1.45. The average molecular weight is 418 g/mol. The molecule has 28 heavy (non-hydrogen) atoms. The molecule has 3 amide bonds. The van der Waals surface area contributed by atoms with Gasteiger partial charge >= 0.3 is 11.9 Å². The number of methoxy groups -OCH3 is 1. The monoisotopic (exact) mass is 418 g/mol. The highest BCUT2D eigenvalue weighted by Crippen LogP contribution is 2.02. The molecular weight excluding hydrogens is 392 g/mol. The highest BCUT2D eigenvalue weighted by molar-refractivity contribution is 7.98. The number of ether oxygens (including phenoxy) is 1. The molecule has 0 saturated heterocycles. The predicted octanol–water partition coefficient (Wildman–Crippen LogP) is -2.01. The first-order valence-electron chi connectivity index (χ1n) is 8.24. The third kappa shape index (κ3) is 10.5. The minimum Gasteiger partial charge on any atom is -0.480 e. The predicted molar refractivity (Wildman–Crippen MR) is 102 cm³/mol. The lowest BCUT2D eigenvalue weighted by atomic mass is 10.1. The molecule has 0 aliphatic carbocycles. The Labute approximate surface area is 166 Å². The number of hydrogen-bond donors (Lipinski definition) is 5. The summed E-state index contributed by atoms with van der Waals surface area (Å²) in [6, 6.07) is -3.24. The summed E-state index contributed by atoms with van der Waals surface area (Å²) in [5.74, 6) is -3.36. The van der Waals surface area contributed by atoms with Crippen LogP contribution in [-0.2, 0) is 28.7 Å². The van der Waals surface area contributed by atoms with Gasteiger partial charge < -0.3 is 31.5 Å². The van der Waals surface area contributed by atoms with Crippen molar-refractivity contribution in [3.63, 3.8) is 0 Å². The molecule has 0 unspecified atom stereocenters. The van der Waals surface area contributed by atoms with Gasteiger partial charge in [-0.3, -0.25) is 19.2 Å². The van der Waals surface area contributed by atoms with E-state index in [1.807, 2.05) is 6.26 Å². The number of carboxylic acid groups (broad SMARTS) is 1. The Balaban J connectivity index is 4.72. The molecule has 0 radical (unpaired) electrons. The first kappa shape index (κ1) is 25.4. The summed E-state index contributed by atoms with van der Waals surface area (Å²) in [5.41, 5.74) is 5.70. The fourth-order valence-corrected chi connectivity index (χ4v) is 2.20. The molecule has 11 nitrogen and oxygen atoms in total. The van der Waals surface area contributed by atoms with Gasteiger partial charge in [-0.05, 0) is 25.4 Å². The fraction of sp³-hybridized carbons (Fsp3) is 0.562. The topological polar surface area (TPSA) is 177 Å². The van der Waals surface area contributed by atoms with Gasteiger partial charge in [0, 0.05) is 18.7 Å². The summed E-state index contributed by atoms with van der Waals surface area (Å²) in [6.07, 6.45) is 3.93. The summed E-state index contributed by atoms with van der Waals surface area (Å²) in [6.45, 7) is 1.06. The molecule has 0 spiro atoms. The van der Waals surface area contributed by atoms with E-state index in [-0.39, 0.29) is 13.0 Å². The summed E-state index contributed by atoms with van der Waals surface area (Å²) in [5, 5.41) is 16.0. The van der Waals surface area contributed by atoms with E-state index in [0.29, 0.717) is 5.75 Å². The smallest absolute Gasteiger partial charge is 0.330 e. The van der Waals surface area contributed by atoms with Crippen LogP contribution in [0.5, 0.6) is 0 Å². The third-order valence-corrected chi connectivity index (χ3v) is 4.02. The number of carbonyl (C=O) groups is 5. The van der Waals surface area contributed by atoms with E-state index in [1.54, 1.807) is 0 Å². The van der Waals surface area contributed by atoms with Crippen molar-refractivity contribution in [3.8, 4) is 0 Å². The van der Waals surface area contributed by atoms with Gasteiger partial charge in [-0.15, -0.1) is 0 Å². The Morgan fingerprint density at radius 3 is 2.32 bits per heavy atom. The third-order valence-electron chi connectivity index (χ3n) is 3.38. The number of carbonyl (C=O) groups excluding carboxylic acids is 4. The minimum atomic E-state index is -1.21. The van der Waals surface area contributed by atoms with Crippen LogP contribution in [0.2, 0.25) is 0 Å². The second-order valence-corrected chi connectivity index (χ2v) is 6.60. The molecule has 0 fully saturated rings. The molecule has 0 heterocycles. The van der Waals surface area contributed by atoms with Crippen molar-refractivity contribution in [2.24, 2.45) is 5.73 Å². The number of hydrogen-bond acceptors (Lipinski definition) is 8. The highest BCUT2D eigenvalue weighted by Gasteiger charge is 2.26. The molecule has 0 bridgehead atoms.